The Hall–Kier alpha value is -1.34. The Bertz CT molecular complexity index is 617. The van der Waals surface area contributed by atoms with Crippen molar-refractivity contribution in [1.29, 1.82) is 0 Å². The zero-order chi connectivity index (χ0) is 19.8. The summed E-state index contributed by atoms with van der Waals surface area (Å²) in [5.41, 5.74) is -0.548. The van der Waals surface area contributed by atoms with Gasteiger partial charge in [0, 0.05) is 25.7 Å². The first-order valence-corrected chi connectivity index (χ1v) is 10.3. The Morgan fingerprint density at radius 1 is 1.25 bits per heavy atom. The molecule has 28 heavy (non-hydrogen) atoms. The van der Waals surface area contributed by atoms with E-state index in [1.807, 2.05) is 6.92 Å². The molecule has 8 heteroatoms. The van der Waals surface area contributed by atoms with E-state index in [0.29, 0.717) is 25.3 Å². The van der Waals surface area contributed by atoms with Crippen LogP contribution >= 0.6 is 12.4 Å². The van der Waals surface area contributed by atoms with E-state index in [0.717, 1.165) is 37.3 Å². The molecule has 4 amide bonds. The monoisotopic (exact) mass is 414 g/mol. The van der Waals surface area contributed by atoms with Crippen LogP contribution in [0.2, 0.25) is 0 Å². The average Bonchev–Trinajstić information content (AvgIpc) is 2.86. The van der Waals surface area contributed by atoms with Gasteiger partial charge in [0.1, 0.15) is 12.1 Å². The minimum Gasteiger partial charge on any atom is -0.336 e. The molecule has 0 aromatic heterocycles. The summed E-state index contributed by atoms with van der Waals surface area (Å²) in [6.45, 7) is 10.7. The Morgan fingerprint density at radius 2 is 1.89 bits per heavy atom. The van der Waals surface area contributed by atoms with Gasteiger partial charge in [-0.05, 0) is 43.9 Å². The van der Waals surface area contributed by atoms with Gasteiger partial charge in [0.2, 0.25) is 5.91 Å². The Kier molecular flexibility index (Phi) is 7.03. The van der Waals surface area contributed by atoms with Crippen molar-refractivity contribution in [2.24, 2.45) is 11.3 Å². The number of urea groups is 1. The van der Waals surface area contributed by atoms with E-state index in [9.17, 15) is 14.4 Å². The Labute approximate surface area is 174 Å². The van der Waals surface area contributed by atoms with Crippen molar-refractivity contribution < 1.29 is 14.4 Å². The molecule has 1 spiro atoms. The van der Waals surface area contributed by atoms with Gasteiger partial charge in [0.15, 0.2) is 0 Å². The van der Waals surface area contributed by atoms with Gasteiger partial charge >= 0.3 is 6.03 Å². The fourth-order valence-electron chi connectivity index (χ4n) is 4.78. The summed E-state index contributed by atoms with van der Waals surface area (Å²) >= 11 is 0. The largest absolute Gasteiger partial charge is 0.336 e. The molecule has 1 aliphatic carbocycles. The number of halogens is 1. The second-order valence-electron chi connectivity index (χ2n) is 9.16. The van der Waals surface area contributed by atoms with Crippen molar-refractivity contribution in [1.82, 2.24) is 20.4 Å². The molecular weight excluding hydrogens is 380 g/mol. The molecule has 3 fully saturated rings. The smallest absolute Gasteiger partial charge is 0.325 e. The van der Waals surface area contributed by atoms with E-state index in [1.54, 1.807) is 4.90 Å². The number of nitrogens with one attached hydrogen (secondary N) is 2. The zero-order valence-electron chi connectivity index (χ0n) is 17.5. The molecule has 0 aromatic rings. The molecule has 1 saturated carbocycles. The summed E-state index contributed by atoms with van der Waals surface area (Å²) in [6, 6.07) is -0.336. The third kappa shape index (κ3) is 4.15. The molecule has 160 valence electrons. The maximum atomic E-state index is 13.1. The summed E-state index contributed by atoms with van der Waals surface area (Å²) in [4.78, 5) is 41.2. The lowest BCUT2D eigenvalue weighted by atomic mass is 9.65. The topological polar surface area (TPSA) is 81.8 Å². The summed E-state index contributed by atoms with van der Waals surface area (Å²) in [5.74, 6) is 0.206. The van der Waals surface area contributed by atoms with E-state index >= 15 is 0 Å². The van der Waals surface area contributed by atoms with Crippen LogP contribution < -0.4 is 10.6 Å². The highest BCUT2D eigenvalue weighted by molar-refractivity contribution is 6.09. The number of hydrogen-bond donors (Lipinski definition) is 2. The van der Waals surface area contributed by atoms with Crippen molar-refractivity contribution in [2.75, 3.05) is 26.2 Å². The van der Waals surface area contributed by atoms with Crippen LogP contribution in [0.1, 0.15) is 59.8 Å². The third-order valence-corrected chi connectivity index (χ3v) is 7.22. The number of hydrogen-bond acceptors (Lipinski definition) is 4. The Morgan fingerprint density at radius 3 is 2.46 bits per heavy atom. The predicted molar refractivity (Wildman–Crippen MR) is 110 cm³/mol. The van der Waals surface area contributed by atoms with Crippen LogP contribution in [0.3, 0.4) is 0 Å². The molecular formula is C20H35ClN4O3. The quantitative estimate of drug-likeness (QED) is 0.690. The first-order chi connectivity index (χ1) is 12.7. The number of rotatable bonds is 4. The minimum atomic E-state index is -0.799. The predicted octanol–water partition coefficient (Wildman–Crippen LogP) is 2.15. The van der Waals surface area contributed by atoms with Crippen LogP contribution in [0.4, 0.5) is 4.79 Å². The van der Waals surface area contributed by atoms with Crippen molar-refractivity contribution in [3.8, 4) is 0 Å². The molecule has 3 rings (SSSR count). The Balaban J connectivity index is 0.00000280. The standard InChI is InChI=1S/C20H34N4O3.ClH/c1-5-19(3,4)15-6-8-20(9-7-15)17(26)24(18(27)22-20)13-16(25)23-11-10-21-12-14(23)2;/h14-15,21H,5-13H2,1-4H3,(H,22,27);1H/t14-,15?,20?;/m0./s1. The fraction of sp³-hybridized carbons (Fsp3) is 0.850. The summed E-state index contributed by atoms with van der Waals surface area (Å²) < 4.78 is 0. The average molecular weight is 415 g/mol. The SMILES string of the molecule is CCC(C)(C)C1CCC2(CC1)NC(=O)N(CC(=O)N1CCNC[C@@H]1C)C2=O.Cl. The van der Waals surface area contributed by atoms with Gasteiger partial charge in [-0.25, -0.2) is 4.79 Å². The number of nitrogens with zero attached hydrogens (tertiary/aromatic N) is 2. The highest BCUT2D eigenvalue weighted by Gasteiger charge is 2.54. The van der Waals surface area contributed by atoms with Gasteiger partial charge in [0.25, 0.3) is 5.91 Å². The van der Waals surface area contributed by atoms with E-state index in [-0.39, 0.29) is 42.2 Å². The van der Waals surface area contributed by atoms with Gasteiger partial charge in [-0.2, -0.15) is 0 Å². The van der Waals surface area contributed by atoms with Crippen LogP contribution in [0.5, 0.6) is 0 Å². The summed E-state index contributed by atoms with van der Waals surface area (Å²) in [7, 11) is 0. The maximum Gasteiger partial charge on any atom is 0.325 e. The second-order valence-corrected chi connectivity index (χ2v) is 9.16. The molecule has 2 saturated heterocycles. The highest BCUT2D eigenvalue weighted by Crippen LogP contribution is 2.45. The van der Waals surface area contributed by atoms with Crippen molar-refractivity contribution in [3.63, 3.8) is 0 Å². The van der Waals surface area contributed by atoms with E-state index in [1.165, 1.54) is 0 Å². The number of carbonyl (C=O) groups excluding carboxylic acids is 3. The van der Waals surface area contributed by atoms with Gasteiger partial charge in [-0.3, -0.25) is 14.5 Å². The molecule has 0 bridgehead atoms. The van der Waals surface area contributed by atoms with Crippen LogP contribution in [0, 0.1) is 11.3 Å². The zero-order valence-corrected chi connectivity index (χ0v) is 18.4. The highest BCUT2D eigenvalue weighted by atomic mass is 35.5. The lowest BCUT2D eigenvalue weighted by Crippen LogP contribution is -2.55. The minimum absolute atomic E-state index is 0. The summed E-state index contributed by atoms with van der Waals surface area (Å²) in [5, 5.41) is 6.18. The molecule has 2 heterocycles. The molecule has 0 unspecified atom stereocenters. The van der Waals surface area contributed by atoms with E-state index in [2.05, 4.69) is 31.4 Å². The normalized spacial score (nSPS) is 31.0. The fourth-order valence-corrected chi connectivity index (χ4v) is 4.78. The van der Waals surface area contributed by atoms with E-state index in [4.69, 9.17) is 0 Å². The van der Waals surface area contributed by atoms with Crippen LogP contribution in [-0.4, -0.2) is 65.4 Å². The van der Waals surface area contributed by atoms with Crippen molar-refractivity contribution >= 4 is 30.3 Å². The van der Waals surface area contributed by atoms with Gasteiger partial charge in [-0.1, -0.05) is 27.2 Å². The molecule has 0 aromatic carbocycles. The number of carbonyl (C=O) groups is 3. The van der Waals surface area contributed by atoms with E-state index < -0.39 is 11.6 Å². The summed E-state index contributed by atoms with van der Waals surface area (Å²) in [6.07, 6.45) is 4.31. The van der Waals surface area contributed by atoms with Gasteiger partial charge in [0.05, 0.1) is 0 Å². The maximum absolute atomic E-state index is 13.1. The molecule has 2 N–H and O–H groups in total. The molecule has 1 atom stereocenters. The van der Waals surface area contributed by atoms with Gasteiger partial charge < -0.3 is 15.5 Å². The lowest BCUT2D eigenvalue weighted by molar-refractivity contribution is -0.141. The number of imide groups is 1. The molecule has 7 nitrogen and oxygen atoms in total. The molecule has 0 radical (unpaired) electrons. The molecule has 2 aliphatic heterocycles. The van der Waals surface area contributed by atoms with Crippen molar-refractivity contribution in [3.05, 3.63) is 0 Å². The van der Waals surface area contributed by atoms with Gasteiger partial charge in [-0.15, -0.1) is 12.4 Å². The van der Waals surface area contributed by atoms with Crippen LogP contribution in [-0.2, 0) is 9.59 Å². The van der Waals surface area contributed by atoms with Crippen LogP contribution in [0.25, 0.3) is 0 Å². The first-order valence-electron chi connectivity index (χ1n) is 10.3. The number of piperazine rings is 1. The third-order valence-electron chi connectivity index (χ3n) is 7.22. The second kappa shape index (κ2) is 8.57. The molecule has 3 aliphatic rings. The van der Waals surface area contributed by atoms with Crippen molar-refractivity contribution in [2.45, 2.75) is 71.4 Å². The number of amides is 4. The van der Waals surface area contributed by atoms with Crippen LogP contribution in [0.15, 0.2) is 0 Å². The lowest BCUT2D eigenvalue weighted by Gasteiger charge is -2.42. The first kappa shape index (κ1) is 22.9.